The minimum atomic E-state index is -0.629. The highest BCUT2D eigenvalue weighted by Crippen LogP contribution is 2.11. The molecule has 1 aliphatic rings. The molecular weight excluding hydrogens is 198 g/mol. The van der Waals surface area contributed by atoms with E-state index in [9.17, 15) is 4.21 Å². The Morgan fingerprint density at radius 3 is 3.07 bits per heavy atom. The van der Waals surface area contributed by atoms with Gasteiger partial charge in [-0.2, -0.15) is 0 Å². The molecule has 1 saturated heterocycles. The Morgan fingerprint density at radius 2 is 2.36 bits per heavy atom. The minimum Gasteiger partial charge on any atom is -0.341 e. The van der Waals surface area contributed by atoms with E-state index in [4.69, 9.17) is 0 Å². The third kappa shape index (κ3) is 2.15. The lowest BCUT2D eigenvalue weighted by atomic mass is 10.4. The Labute approximate surface area is 86.2 Å². The zero-order valence-electron chi connectivity index (χ0n) is 8.32. The fraction of sp³-hybridized carbons (Fsp3) is 0.667. The zero-order chi connectivity index (χ0) is 9.97. The van der Waals surface area contributed by atoms with Crippen molar-refractivity contribution in [2.24, 2.45) is 0 Å². The lowest BCUT2D eigenvalue weighted by Gasteiger charge is -2.18. The Balaban J connectivity index is 2.07. The number of H-pyrrole nitrogens is 1. The number of aromatic amines is 1. The Kier molecular flexibility index (Phi) is 2.86. The SMILES string of the molecule is Cc1cnc(N2CCCS(=O)CC2)[nH]1. The molecule has 0 spiro atoms. The number of aryl methyl sites for hydroxylation is 1. The van der Waals surface area contributed by atoms with Crippen molar-refractivity contribution in [1.29, 1.82) is 0 Å². The van der Waals surface area contributed by atoms with Crippen molar-refractivity contribution < 1.29 is 4.21 Å². The van der Waals surface area contributed by atoms with Crippen molar-refractivity contribution in [3.8, 4) is 0 Å². The van der Waals surface area contributed by atoms with Gasteiger partial charge in [-0.25, -0.2) is 4.98 Å². The van der Waals surface area contributed by atoms with Gasteiger partial charge >= 0.3 is 0 Å². The van der Waals surface area contributed by atoms with Gasteiger partial charge in [0.05, 0.1) is 0 Å². The van der Waals surface area contributed by atoms with E-state index in [1.165, 1.54) is 0 Å². The number of hydrogen-bond acceptors (Lipinski definition) is 3. The van der Waals surface area contributed by atoms with Crippen LogP contribution in [0, 0.1) is 6.92 Å². The Morgan fingerprint density at radius 1 is 1.50 bits per heavy atom. The number of anilines is 1. The van der Waals surface area contributed by atoms with E-state index in [-0.39, 0.29) is 0 Å². The summed E-state index contributed by atoms with van der Waals surface area (Å²) >= 11 is 0. The third-order valence-electron chi connectivity index (χ3n) is 2.38. The van der Waals surface area contributed by atoms with Crippen LogP contribution in [0.3, 0.4) is 0 Å². The van der Waals surface area contributed by atoms with Gasteiger partial charge in [0.15, 0.2) is 0 Å². The maximum absolute atomic E-state index is 11.3. The summed E-state index contributed by atoms with van der Waals surface area (Å²) < 4.78 is 11.3. The molecule has 1 unspecified atom stereocenters. The summed E-state index contributed by atoms with van der Waals surface area (Å²) in [6.07, 6.45) is 2.82. The summed E-state index contributed by atoms with van der Waals surface area (Å²) in [5.74, 6) is 2.51. The molecule has 2 heterocycles. The van der Waals surface area contributed by atoms with Gasteiger partial charge in [0.1, 0.15) is 0 Å². The van der Waals surface area contributed by atoms with E-state index < -0.39 is 10.8 Å². The average Bonchev–Trinajstić information content (AvgIpc) is 2.46. The van der Waals surface area contributed by atoms with Crippen LogP contribution in [0.4, 0.5) is 5.95 Å². The van der Waals surface area contributed by atoms with Crippen molar-refractivity contribution in [2.75, 3.05) is 29.5 Å². The van der Waals surface area contributed by atoms with E-state index >= 15 is 0 Å². The molecule has 0 saturated carbocycles. The second-order valence-corrected chi connectivity index (χ2v) is 5.27. The first-order valence-corrected chi connectivity index (χ1v) is 6.36. The summed E-state index contributed by atoms with van der Waals surface area (Å²) in [4.78, 5) is 9.66. The van der Waals surface area contributed by atoms with Gasteiger partial charge in [0, 0.05) is 47.3 Å². The number of imidazole rings is 1. The quantitative estimate of drug-likeness (QED) is 0.746. The fourth-order valence-corrected chi connectivity index (χ4v) is 2.69. The molecule has 0 bridgehead atoms. The third-order valence-corrected chi connectivity index (χ3v) is 3.76. The second-order valence-electron chi connectivity index (χ2n) is 3.58. The lowest BCUT2D eigenvalue weighted by Crippen LogP contribution is -2.27. The summed E-state index contributed by atoms with van der Waals surface area (Å²) in [6.45, 7) is 3.80. The van der Waals surface area contributed by atoms with Crippen LogP contribution in [0.15, 0.2) is 6.20 Å². The molecule has 0 aliphatic carbocycles. The number of aromatic nitrogens is 2. The smallest absolute Gasteiger partial charge is 0.202 e. The van der Waals surface area contributed by atoms with Gasteiger partial charge in [-0.3, -0.25) is 4.21 Å². The fourth-order valence-electron chi connectivity index (χ4n) is 1.61. The van der Waals surface area contributed by atoms with Crippen LogP contribution in [-0.2, 0) is 10.8 Å². The van der Waals surface area contributed by atoms with E-state index in [0.29, 0.717) is 0 Å². The highest BCUT2D eigenvalue weighted by molar-refractivity contribution is 7.85. The van der Waals surface area contributed by atoms with Crippen LogP contribution < -0.4 is 4.90 Å². The second kappa shape index (κ2) is 4.13. The molecule has 0 amide bonds. The number of rotatable bonds is 1. The van der Waals surface area contributed by atoms with Crippen molar-refractivity contribution in [2.45, 2.75) is 13.3 Å². The van der Waals surface area contributed by atoms with Crippen LogP contribution >= 0.6 is 0 Å². The van der Waals surface area contributed by atoms with Crippen LogP contribution in [-0.4, -0.2) is 38.8 Å². The van der Waals surface area contributed by atoms with Gasteiger partial charge in [0.25, 0.3) is 0 Å². The topological polar surface area (TPSA) is 49.0 Å². The van der Waals surface area contributed by atoms with Crippen LogP contribution in [0.2, 0.25) is 0 Å². The summed E-state index contributed by atoms with van der Waals surface area (Å²) in [5, 5.41) is 0. The maximum atomic E-state index is 11.3. The van der Waals surface area contributed by atoms with Crippen LogP contribution in [0.1, 0.15) is 12.1 Å². The summed E-state index contributed by atoms with van der Waals surface area (Å²) in [5.41, 5.74) is 1.07. The molecule has 0 aromatic carbocycles. The molecule has 1 N–H and O–H groups in total. The van der Waals surface area contributed by atoms with E-state index in [2.05, 4.69) is 14.9 Å². The monoisotopic (exact) mass is 213 g/mol. The molecule has 1 aromatic heterocycles. The lowest BCUT2D eigenvalue weighted by molar-refractivity contribution is 0.683. The van der Waals surface area contributed by atoms with E-state index in [0.717, 1.165) is 42.7 Å². The standard InChI is InChI=1S/C9H15N3OS/c1-8-7-10-9(11-8)12-3-2-5-14(13)6-4-12/h7H,2-6H2,1H3,(H,10,11). The number of nitrogens with zero attached hydrogens (tertiary/aromatic N) is 2. The number of hydrogen-bond donors (Lipinski definition) is 1. The van der Waals surface area contributed by atoms with Crippen molar-refractivity contribution in [3.05, 3.63) is 11.9 Å². The molecule has 14 heavy (non-hydrogen) atoms. The summed E-state index contributed by atoms with van der Waals surface area (Å²) in [7, 11) is -0.629. The highest BCUT2D eigenvalue weighted by Gasteiger charge is 2.15. The molecular formula is C9H15N3OS. The molecule has 1 aliphatic heterocycles. The first-order valence-electron chi connectivity index (χ1n) is 4.87. The minimum absolute atomic E-state index is 0.629. The Bertz CT molecular complexity index is 337. The van der Waals surface area contributed by atoms with E-state index in [1.807, 2.05) is 13.1 Å². The van der Waals surface area contributed by atoms with Crippen molar-refractivity contribution in [3.63, 3.8) is 0 Å². The van der Waals surface area contributed by atoms with Gasteiger partial charge in [-0.05, 0) is 13.3 Å². The molecule has 1 fully saturated rings. The molecule has 1 atom stereocenters. The molecule has 0 radical (unpaired) electrons. The van der Waals surface area contributed by atoms with Crippen molar-refractivity contribution >= 4 is 16.7 Å². The van der Waals surface area contributed by atoms with Gasteiger partial charge in [0.2, 0.25) is 5.95 Å². The van der Waals surface area contributed by atoms with Crippen LogP contribution in [0.25, 0.3) is 0 Å². The Hall–Kier alpha value is -0.840. The van der Waals surface area contributed by atoms with Crippen molar-refractivity contribution in [1.82, 2.24) is 9.97 Å². The predicted octanol–water partition coefficient (Wildman–Crippen LogP) is 0.677. The normalized spacial score (nSPS) is 23.5. The molecule has 2 rings (SSSR count). The molecule has 1 aromatic rings. The highest BCUT2D eigenvalue weighted by atomic mass is 32.2. The molecule has 5 heteroatoms. The average molecular weight is 213 g/mol. The van der Waals surface area contributed by atoms with E-state index in [1.54, 1.807) is 0 Å². The van der Waals surface area contributed by atoms with Gasteiger partial charge in [-0.15, -0.1) is 0 Å². The summed E-state index contributed by atoms with van der Waals surface area (Å²) in [6, 6.07) is 0. The maximum Gasteiger partial charge on any atom is 0.202 e. The molecule has 78 valence electrons. The zero-order valence-corrected chi connectivity index (χ0v) is 9.14. The largest absolute Gasteiger partial charge is 0.341 e. The molecule has 4 nitrogen and oxygen atoms in total. The first-order chi connectivity index (χ1) is 6.75. The van der Waals surface area contributed by atoms with Gasteiger partial charge < -0.3 is 9.88 Å². The predicted molar refractivity (Wildman–Crippen MR) is 58.0 cm³/mol. The van der Waals surface area contributed by atoms with Crippen LogP contribution in [0.5, 0.6) is 0 Å². The number of nitrogens with one attached hydrogen (secondary N) is 1. The van der Waals surface area contributed by atoms with Gasteiger partial charge in [-0.1, -0.05) is 0 Å². The first kappa shape index (κ1) is 9.71.